The highest BCUT2D eigenvalue weighted by atomic mass is 32.2. The summed E-state index contributed by atoms with van der Waals surface area (Å²) >= 11 is 0. The Hall–Kier alpha value is -0.0900. The summed E-state index contributed by atoms with van der Waals surface area (Å²) < 4.78 is 24.9. The van der Waals surface area contributed by atoms with Crippen LogP contribution in [0.5, 0.6) is 0 Å². The highest BCUT2D eigenvalue weighted by Crippen LogP contribution is 2.25. The van der Waals surface area contributed by atoms with Crippen molar-refractivity contribution in [3.8, 4) is 0 Å². The summed E-state index contributed by atoms with van der Waals surface area (Å²) in [4.78, 5) is 0. The Bertz CT molecular complexity index is 266. The van der Waals surface area contributed by atoms with Crippen molar-refractivity contribution in [2.75, 3.05) is 6.26 Å². The molecule has 0 saturated heterocycles. The van der Waals surface area contributed by atoms with Crippen molar-refractivity contribution in [1.29, 1.82) is 0 Å². The maximum atomic E-state index is 11.6. The lowest BCUT2D eigenvalue weighted by molar-refractivity contribution is 0.221. The molecule has 4 heteroatoms. The number of nitrogens with zero attached hydrogens (tertiary/aromatic N) is 1. The van der Waals surface area contributed by atoms with E-state index >= 15 is 0 Å². The Labute approximate surface area is 87.5 Å². The van der Waals surface area contributed by atoms with E-state index in [1.165, 1.54) is 25.5 Å². The largest absolute Gasteiger partial charge is 0.212 e. The van der Waals surface area contributed by atoms with Gasteiger partial charge >= 0.3 is 0 Å². The predicted molar refractivity (Wildman–Crippen MR) is 58.7 cm³/mol. The Morgan fingerprint density at radius 1 is 1.14 bits per heavy atom. The first-order valence-electron chi connectivity index (χ1n) is 5.41. The van der Waals surface area contributed by atoms with E-state index in [0.717, 1.165) is 12.8 Å². The monoisotopic (exact) mass is 219 g/mol. The van der Waals surface area contributed by atoms with Crippen LogP contribution >= 0.6 is 0 Å². The Morgan fingerprint density at radius 3 is 2.00 bits per heavy atom. The first-order valence-corrected chi connectivity index (χ1v) is 7.26. The molecule has 0 unspecified atom stereocenters. The van der Waals surface area contributed by atoms with Crippen molar-refractivity contribution in [3.63, 3.8) is 0 Å². The van der Waals surface area contributed by atoms with E-state index < -0.39 is 10.0 Å². The van der Waals surface area contributed by atoms with Crippen LogP contribution in [-0.2, 0) is 10.0 Å². The van der Waals surface area contributed by atoms with Crippen molar-refractivity contribution in [2.45, 2.75) is 58.0 Å². The molecule has 14 heavy (non-hydrogen) atoms. The number of rotatable bonds is 3. The maximum Gasteiger partial charge on any atom is 0.211 e. The summed E-state index contributed by atoms with van der Waals surface area (Å²) in [6.45, 7) is 3.91. The van der Waals surface area contributed by atoms with Crippen molar-refractivity contribution in [1.82, 2.24) is 4.31 Å². The summed E-state index contributed by atoms with van der Waals surface area (Å²) in [6, 6.07) is 0.340. The van der Waals surface area contributed by atoms with E-state index in [-0.39, 0.29) is 12.1 Å². The standard InChI is InChI=1S/C10H21NO2S/c1-9(2)11(14(3,12)13)10-7-5-4-6-8-10/h9-10H,4-8H2,1-3H3. The Balaban J connectivity index is 2.76. The Morgan fingerprint density at radius 2 is 1.64 bits per heavy atom. The first-order chi connectivity index (χ1) is 6.43. The fourth-order valence-electron chi connectivity index (χ4n) is 2.41. The van der Waals surface area contributed by atoms with Gasteiger partial charge in [-0.25, -0.2) is 8.42 Å². The van der Waals surface area contributed by atoms with E-state index in [0.29, 0.717) is 0 Å². The summed E-state index contributed by atoms with van der Waals surface area (Å²) in [7, 11) is -3.03. The van der Waals surface area contributed by atoms with Gasteiger partial charge in [0.15, 0.2) is 0 Å². The minimum atomic E-state index is -3.03. The fourth-order valence-corrected chi connectivity index (χ4v) is 3.93. The summed E-state index contributed by atoms with van der Waals surface area (Å²) in [5.41, 5.74) is 0. The smallest absolute Gasteiger partial charge is 0.211 e. The van der Waals surface area contributed by atoms with Gasteiger partial charge in [-0.1, -0.05) is 19.3 Å². The topological polar surface area (TPSA) is 37.4 Å². The van der Waals surface area contributed by atoms with Crippen LogP contribution in [0.15, 0.2) is 0 Å². The van der Waals surface area contributed by atoms with E-state index in [1.807, 2.05) is 13.8 Å². The molecule has 0 N–H and O–H groups in total. The van der Waals surface area contributed by atoms with Gasteiger partial charge in [0.25, 0.3) is 0 Å². The van der Waals surface area contributed by atoms with Gasteiger partial charge in [0.05, 0.1) is 6.26 Å². The molecule has 0 heterocycles. The van der Waals surface area contributed by atoms with Crippen LogP contribution < -0.4 is 0 Å². The molecule has 0 aliphatic heterocycles. The maximum absolute atomic E-state index is 11.6. The zero-order chi connectivity index (χ0) is 10.8. The molecule has 0 aromatic rings. The average Bonchev–Trinajstić information content (AvgIpc) is 2.02. The van der Waals surface area contributed by atoms with Crippen molar-refractivity contribution in [3.05, 3.63) is 0 Å². The lowest BCUT2D eigenvalue weighted by atomic mass is 9.95. The van der Waals surface area contributed by atoms with E-state index in [4.69, 9.17) is 0 Å². The van der Waals surface area contributed by atoms with E-state index in [1.54, 1.807) is 4.31 Å². The van der Waals surface area contributed by atoms with Crippen LogP contribution in [0.3, 0.4) is 0 Å². The molecule has 0 aromatic heterocycles. The van der Waals surface area contributed by atoms with Crippen LogP contribution in [0.1, 0.15) is 46.0 Å². The molecule has 0 bridgehead atoms. The number of sulfonamides is 1. The van der Waals surface area contributed by atoms with Gasteiger partial charge in [-0.3, -0.25) is 0 Å². The lowest BCUT2D eigenvalue weighted by Crippen LogP contribution is -2.45. The van der Waals surface area contributed by atoms with Crippen molar-refractivity contribution >= 4 is 10.0 Å². The normalized spacial score (nSPS) is 20.6. The van der Waals surface area contributed by atoms with Gasteiger partial charge < -0.3 is 0 Å². The van der Waals surface area contributed by atoms with Gasteiger partial charge in [-0.15, -0.1) is 0 Å². The zero-order valence-electron chi connectivity index (χ0n) is 9.36. The minimum Gasteiger partial charge on any atom is -0.212 e. The molecular formula is C10H21NO2S. The van der Waals surface area contributed by atoms with E-state index in [9.17, 15) is 8.42 Å². The zero-order valence-corrected chi connectivity index (χ0v) is 10.2. The fraction of sp³-hybridized carbons (Fsp3) is 1.00. The lowest BCUT2D eigenvalue weighted by Gasteiger charge is -2.35. The van der Waals surface area contributed by atoms with Gasteiger partial charge in [-0.05, 0) is 26.7 Å². The van der Waals surface area contributed by atoms with Gasteiger partial charge in [0.2, 0.25) is 10.0 Å². The summed E-state index contributed by atoms with van der Waals surface area (Å²) in [6.07, 6.45) is 6.98. The van der Waals surface area contributed by atoms with Crippen molar-refractivity contribution in [2.24, 2.45) is 0 Å². The van der Waals surface area contributed by atoms with Crippen LogP contribution in [0.4, 0.5) is 0 Å². The summed E-state index contributed by atoms with van der Waals surface area (Å²) in [5.74, 6) is 0. The second-order valence-electron chi connectivity index (χ2n) is 4.48. The predicted octanol–water partition coefficient (Wildman–Crippen LogP) is 1.99. The molecule has 1 aliphatic carbocycles. The summed E-state index contributed by atoms with van der Waals surface area (Å²) in [5, 5.41) is 0. The molecule has 1 saturated carbocycles. The van der Waals surface area contributed by atoms with Crippen LogP contribution in [0.2, 0.25) is 0 Å². The average molecular weight is 219 g/mol. The second kappa shape index (κ2) is 4.62. The molecule has 3 nitrogen and oxygen atoms in total. The number of hydrogen-bond donors (Lipinski definition) is 0. The SMILES string of the molecule is CC(C)N(C1CCCCC1)S(C)(=O)=O. The molecule has 0 aromatic carbocycles. The van der Waals surface area contributed by atoms with Crippen LogP contribution in [0.25, 0.3) is 0 Å². The van der Waals surface area contributed by atoms with Crippen molar-refractivity contribution < 1.29 is 8.42 Å². The molecule has 0 spiro atoms. The molecule has 0 radical (unpaired) electrons. The molecule has 1 rings (SSSR count). The molecule has 0 amide bonds. The third-order valence-corrected chi connectivity index (χ3v) is 4.31. The molecular weight excluding hydrogens is 198 g/mol. The highest BCUT2D eigenvalue weighted by Gasteiger charge is 2.29. The molecule has 0 atom stereocenters. The Kier molecular flexibility index (Phi) is 3.95. The van der Waals surface area contributed by atoms with Crippen LogP contribution in [-0.4, -0.2) is 31.1 Å². The highest BCUT2D eigenvalue weighted by molar-refractivity contribution is 7.88. The third-order valence-electron chi connectivity index (χ3n) is 2.83. The van der Waals surface area contributed by atoms with Gasteiger partial charge in [0.1, 0.15) is 0 Å². The molecule has 1 aliphatic rings. The first kappa shape index (κ1) is 12.0. The van der Waals surface area contributed by atoms with Crippen LogP contribution in [0, 0.1) is 0 Å². The molecule has 1 fully saturated rings. The van der Waals surface area contributed by atoms with Gasteiger partial charge in [-0.2, -0.15) is 4.31 Å². The quantitative estimate of drug-likeness (QED) is 0.728. The molecule has 84 valence electrons. The van der Waals surface area contributed by atoms with E-state index in [2.05, 4.69) is 0 Å². The third kappa shape index (κ3) is 2.95. The minimum absolute atomic E-state index is 0.0908. The van der Waals surface area contributed by atoms with Gasteiger partial charge in [0, 0.05) is 12.1 Å². The number of hydrogen-bond acceptors (Lipinski definition) is 2. The second-order valence-corrected chi connectivity index (χ2v) is 6.37.